The normalized spacial score (nSPS) is 10.6. The summed E-state index contributed by atoms with van der Waals surface area (Å²) in [5.41, 5.74) is 0.495. The Bertz CT molecular complexity index is 433. The van der Waals surface area contributed by atoms with Gasteiger partial charge in [0.2, 0.25) is 0 Å². The van der Waals surface area contributed by atoms with Crippen LogP contribution in [-0.4, -0.2) is 27.9 Å². The van der Waals surface area contributed by atoms with Crippen molar-refractivity contribution in [2.75, 3.05) is 5.75 Å². The van der Waals surface area contributed by atoms with Gasteiger partial charge in [0, 0.05) is 0 Å². The molecule has 4 nitrogen and oxygen atoms in total. The molecular weight excluding hydrogens is 240 g/mol. The molecule has 1 aromatic rings. The Kier molecular flexibility index (Phi) is 4.78. The third-order valence-corrected chi connectivity index (χ3v) is 2.31. The average molecular weight is 252 g/mol. The molecular formula is C12H12O4S. The molecule has 0 saturated carbocycles. The van der Waals surface area contributed by atoms with E-state index in [0.29, 0.717) is 11.3 Å². The number of carbonyl (C=O) groups is 2. The van der Waals surface area contributed by atoms with E-state index in [1.165, 1.54) is 12.1 Å². The van der Waals surface area contributed by atoms with Gasteiger partial charge in [-0.2, -0.15) is 12.6 Å². The zero-order valence-corrected chi connectivity index (χ0v) is 9.85. The highest BCUT2D eigenvalue weighted by molar-refractivity contribution is 7.80. The first-order chi connectivity index (χ1) is 8.04. The van der Waals surface area contributed by atoms with Crippen LogP contribution in [0.2, 0.25) is 0 Å². The fourth-order valence-corrected chi connectivity index (χ4v) is 1.44. The van der Waals surface area contributed by atoms with E-state index in [0.717, 1.165) is 12.5 Å². The predicted octanol–water partition coefficient (Wildman–Crippen LogP) is 2.42. The number of carboxylic acid groups (broad SMARTS) is 2. The van der Waals surface area contributed by atoms with E-state index in [1.54, 1.807) is 6.08 Å². The summed E-state index contributed by atoms with van der Waals surface area (Å²) in [6, 6.07) is 4.01. The van der Waals surface area contributed by atoms with Crippen molar-refractivity contribution in [1.82, 2.24) is 0 Å². The Morgan fingerprint density at radius 1 is 1.12 bits per heavy atom. The number of benzene rings is 1. The molecule has 90 valence electrons. The van der Waals surface area contributed by atoms with Crippen LogP contribution in [0.5, 0.6) is 0 Å². The van der Waals surface area contributed by atoms with Crippen LogP contribution < -0.4 is 0 Å². The molecule has 0 amide bonds. The highest BCUT2D eigenvalue weighted by Gasteiger charge is 2.10. The van der Waals surface area contributed by atoms with Crippen LogP contribution in [0.1, 0.15) is 32.7 Å². The molecule has 0 fully saturated rings. The van der Waals surface area contributed by atoms with Crippen molar-refractivity contribution < 1.29 is 19.8 Å². The van der Waals surface area contributed by atoms with Gasteiger partial charge in [-0.15, -0.1) is 0 Å². The molecule has 0 unspecified atom stereocenters. The van der Waals surface area contributed by atoms with E-state index in [-0.39, 0.29) is 11.1 Å². The molecule has 0 aliphatic rings. The van der Waals surface area contributed by atoms with Crippen molar-refractivity contribution in [2.24, 2.45) is 0 Å². The number of hydrogen-bond donors (Lipinski definition) is 3. The summed E-state index contributed by atoms with van der Waals surface area (Å²) in [5.74, 6) is -1.60. The van der Waals surface area contributed by atoms with Gasteiger partial charge in [-0.05, 0) is 35.9 Å². The number of carboxylic acids is 2. The molecule has 1 rings (SSSR count). The summed E-state index contributed by atoms with van der Waals surface area (Å²) in [6.45, 7) is 0. The maximum atomic E-state index is 10.8. The highest BCUT2D eigenvalue weighted by Crippen LogP contribution is 2.13. The van der Waals surface area contributed by atoms with Gasteiger partial charge in [0.05, 0.1) is 11.1 Å². The van der Waals surface area contributed by atoms with E-state index >= 15 is 0 Å². The molecule has 0 saturated heterocycles. The highest BCUT2D eigenvalue weighted by atomic mass is 32.1. The van der Waals surface area contributed by atoms with Crippen molar-refractivity contribution in [3.63, 3.8) is 0 Å². The van der Waals surface area contributed by atoms with Gasteiger partial charge in [-0.1, -0.05) is 12.2 Å². The van der Waals surface area contributed by atoms with Gasteiger partial charge in [-0.25, -0.2) is 9.59 Å². The van der Waals surface area contributed by atoms with Crippen molar-refractivity contribution in [3.8, 4) is 0 Å². The standard InChI is InChI=1S/C12H12O4S/c13-11(14)9-5-8(3-1-2-4-17)6-10(7-9)12(15)16/h1,3,5-7,17H,2,4H2,(H,13,14)(H,15,16). The molecule has 0 radical (unpaired) electrons. The topological polar surface area (TPSA) is 74.6 Å². The molecule has 0 aliphatic carbocycles. The zero-order valence-electron chi connectivity index (χ0n) is 8.96. The minimum Gasteiger partial charge on any atom is -0.478 e. The molecule has 0 atom stereocenters. The number of thiol groups is 1. The Morgan fingerprint density at radius 2 is 1.65 bits per heavy atom. The van der Waals surface area contributed by atoms with Crippen molar-refractivity contribution in [1.29, 1.82) is 0 Å². The second-order valence-electron chi connectivity index (χ2n) is 3.37. The fourth-order valence-electron chi connectivity index (χ4n) is 1.29. The Hall–Kier alpha value is -1.75. The van der Waals surface area contributed by atoms with E-state index in [4.69, 9.17) is 10.2 Å². The lowest BCUT2D eigenvalue weighted by Gasteiger charge is -2.01. The minimum atomic E-state index is -1.14. The Balaban J connectivity index is 3.12. The van der Waals surface area contributed by atoms with Crippen molar-refractivity contribution in [3.05, 3.63) is 41.0 Å². The molecule has 0 spiro atoms. The average Bonchev–Trinajstić information content (AvgIpc) is 2.29. The van der Waals surface area contributed by atoms with E-state index < -0.39 is 11.9 Å². The van der Waals surface area contributed by atoms with Gasteiger partial charge in [0.15, 0.2) is 0 Å². The summed E-state index contributed by atoms with van der Waals surface area (Å²) in [6.07, 6.45) is 4.25. The van der Waals surface area contributed by atoms with E-state index in [9.17, 15) is 9.59 Å². The number of aromatic carboxylic acids is 2. The molecule has 17 heavy (non-hydrogen) atoms. The Labute approximate surface area is 104 Å². The van der Waals surface area contributed by atoms with E-state index in [2.05, 4.69) is 12.6 Å². The van der Waals surface area contributed by atoms with Crippen LogP contribution in [-0.2, 0) is 0 Å². The predicted molar refractivity (Wildman–Crippen MR) is 67.9 cm³/mol. The van der Waals surface area contributed by atoms with Gasteiger partial charge in [0.1, 0.15) is 0 Å². The molecule has 0 bridgehead atoms. The smallest absolute Gasteiger partial charge is 0.335 e. The molecule has 0 aliphatic heterocycles. The SMILES string of the molecule is O=C(O)c1cc(C=CCCS)cc(C(=O)O)c1. The molecule has 5 heteroatoms. The lowest BCUT2D eigenvalue weighted by molar-refractivity contribution is 0.0696. The Morgan fingerprint density at radius 3 is 2.06 bits per heavy atom. The number of hydrogen-bond acceptors (Lipinski definition) is 3. The monoisotopic (exact) mass is 252 g/mol. The van der Waals surface area contributed by atoms with Gasteiger partial charge in [-0.3, -0.25) is 0 Å². The number of rotatable bonds is 5. The van der Waals surface area contributed by atoms with Gasteiger partial charge >= 0.3 is 11.9 Å². The van der Waals surface area contributed by atoms with Gasteiger partial charge < -0.3 is 10.2 Å². The minimum absolute atomic E-state index is 0.0320. The van der Waals surface area contributed by atoms with Crippen LogP contribution in [0.25, 0.3) is 6.08 Å². The third-order valence-electron chi connectivity index (χ3n) is 2.06. The maximum Gasteiger partial charge on any atom is 0.335 e. The van der Waals surface area contributed by atoms with Crippen LogP contribution in [0.3, 0.4) is 0 Å². The zero-order chi connectivity index (χ0) is 12.8. The van der Waals surface area contributed by atoms with Crippen LogP contribution in [0.15, 0.2) is 24.3 Å². The largest absolute Gasteiger partial charge is 0.478 e. The van der Waals surface area contributed by atoms with Crippen LogP contribution in [0, 0.1) is 0 Å². The lowest BCUT2D eigenvalue weighted by atomic mass is 10.1. The summed E-state index contributed by atoms with van der Waals surface area (Å²) >= 11 is 4.03. The summed E-state index contributed by atoms with van der Waals surface area (Å²) < 4.78 is 0. The number of allylic oxidation sites excluding steroid dienone is 1. The summed E-state index contributed by atoms with van der Waals surface area (Å²) in [4.78, 5) is 21.7. The van der Waals surface area contributed by atoms with Crippen molar-refractivity contribution >= 4 is 30.6 Å². The van der Waals surface area contributed by atoms with Crippen molar-refractivity contribution in [2.45, 2.75) is 6.42 Å². The second kappa shape index (κ2) is 6.10. The maximum absolute atomic E-state index is 10.8. The molecule has 1 aromatic carbocycles. The molecule has 2 N–H and O–H groups in total. The molecule has 0 aromatic heterocycles. The van der Waals surface area contributed by atoms with Crippen LogP contribution in [0.4, 0.5) is 0 Å². The fraction of sp³-hybridized carbons (Fsp3) is 0.167. The van der Waals surface area contributed by atoms with E-state index in [1.807, 2.05) is 6.08 Å². The van der Waals surface area contributed by atoms with Crippen LogP contribution >= 0.6 is 12.6 Å². The van der Waals surface area contributed by atoms with Gasteiger partial charge in [0.25, 0.3) is 0 Å². The first-order valence-corrected chi connectivity index (χ1v) is 5.57. The quantitative estimate of drug-likeness (QED) is 0.703. The first-order valence-electron chi connectivity index (χ1n) is 4.93. The lowest BCUT2D eigenvalue weighted by Crippen LogP contribution is -2.02. The summed E-state index contributed by atoms with van der Waals surface area (Å²) in [5, 5.41) is 17.7. The summed E-state index contributed by atoms with van der Waals surface area (Å²) in [7, 11) is 0. The first kappa shape index (κ1) is 13.3. The third kappa shape index (κ3) is 3.96. The second-order valence-corrected chi connectivity index (χ2v) is 3.82. The molecule has 0 heterocycles.